The molecule has 0 radical (unpaired) electrons. The van der Waals surface area contributed by atoms with Gasteiger partial charge < -0.3 is 16.5 Å². The number of halogens is 4. The minimum atomic E-state index is -4.48. The van der Waals surface area contributed by atoms with Crippen molar-refractivity contribution in [2.24, 2.45) is 17.6 Å². The Hall–Kier alpha value is -2.63. The van der Waals surface area contributed by atoms with Crippen LogP contribution in [0.1, 0.15) is 18.9 Å². The van der Waals surface area contributed by atoms with Crippen LogP contribution in [0.2, 0.25) is 0 Å². The Bertz CT molecular complexity index is 1060. The fourth-order valence-electron chi connectivity index (χ4n) is 3.77. The number of hydrogen-bond acceptors (Lipinski definition) is 6. The van der Waals surface area contributed by atoms with Gasteiger partial charge in [-0.25, -0.2) is 14.2 Å². The number of nitrogen functional groups attached to an aromatic ring is 1. The molecular weight excluding hydrogens is 384 g/mol. The zero-order chi connectivity index (χ0) is 20.4. The maximum atomic E-state index is 14.7. The second kappa shape index (κ2) is 6.19. The molecule has 0 amide bonds. The van der Waals surface area contributed by atoms with Gasteiger partial charge in [0.05, 0.1) is 11.3 Å². The molecule has 1 saturated heterocycles. The average molecular weight is 402 g/mol. The molecule has 2 fully saturated rings. The second-order valence-electron chi connectivity index (χ2n) is 7.27. The van der Waals surface area contributed by atoms with Gasteiger partial charge in [0.25, 0.3) is 5.56 Å². The summed E-state index contributed by atoms with van der Waals surface area (Å²) < 4.78 is 56.1. The van der Waals surface area contributed by atoms with Gasteiger partial charge in [0, 0.05) is 25.0 Å². The molecule has 2 atom stereocenters. The molecule has 152 valence electrons. The topological polar surface area (TPSA) is 112 Å². The van der Waals surface area contributed by atoms with Crippen LogP contribution in [0.5, 0.6) is 0 Å². The normalized spacial score (nSPS) is 23.0. The van der Waals surface area contributed by atoms with E-state index in [4.69, 9.17) is 11.6 Å². The Labute approximate surface area is 155 Å². The van der Waals surface area contributed by atoms with Gasteiger partial charge in [-0.3, -0.25) is 9.36 Å². The minimum absolute atomic E-state index is 0.0737. The Kier molecular flexibility index (Phi) is 4.14. The molecule has 1 aliphatic heterocycles. The average Bonchev–Trinajstić information content (AvgIpc) is 3.36. The van der Waals surface area contributed by atoms with E-state index in [0.717, 1.165) is 6.07 Å². The molecule has 28 heavy (non-hydrogen) atoms. The first kappa shape index (κ1) is 18.7. The fourth-order valence-corrected chi connectivity index (χ4v) is 3.77. The molecule has 0 bridgehead atoms. The quantitative estimate of drug-likeness (QED) is 0.565. The molecule has 12 heteroatoms. The maximum Gasteiger partial charge on any atom is 0.393 e. The van der Waals surface area contributed by atoms with Crippen molar-refractivity contribution in [2.75, 3.05) is 30.4 Å². The third kappa shape index (κ3) is 2.82. The highest BCUT2D eigenvalue weighted by atomic mass is 19.4. The van der Waals surface area contributed by atoms with Crippen molar-refractivity contribution >= 4 is 16.9 Å². The molecule has 4 rings (SSSR count). The van der Waals surface area contributed by atoms with Crippen LogP contribution in [0.4, 0.5) is 23.4 Å². The van der Waals surface area contributed by atoms with E-state index in [2.05, 4.69) is 4.98 Å². The molecule has 0 spiro atoms. The van der Waals surface area contributed by atoms with Crippen LogP contribution >= 0.6 is 0 Å². The first-order chi connectivity index (χ1) is 13.1. The number of aromatic nitrogens is 3. The molecule has 0 unspecified atom stereocenters. The Morgan fingerprint density at radius 1 is 1.21 bits per heavy atom. The highest BCUT2D eigenvalue weighted by Gasteiger charge is 2.49. The predicted octanol–water partition coefficient (Wildman–Crippen LogP) is 0.319. The first-order valence-corrected chi connectivity index (χ1v) is 8.78. The lowest BCUT2D eigenvalue weighted by Crippen LogP contribution is -2.45. The summed E-state index contributed by atoms with van der Waals surface area (Å²) in [5.74, 6) is 1.60. The van der Waals surface area contributed by atoms with Crippen molar-refractivity contribution in [2.45, 2.75) is 25.1 Å². The number of hydrogen-bond donors (Lipinski definition) is 2. The van der Waals surface area contributed by atoms with E-state index in [9.17, 15) is 27.2 Å². The number of alkyl halides is 3. The van der Waals surface area contributed by atoms with E-state index in [0.29, 0.717) is 17.5 Å². The van der Waals surface area contributed by atoms with Crippen LogP contribution < -0.4 is 27.7 Å². The van der Waals surface area contributed by atoms with E-state index < -0.39 is 41.6 Å². The molecule has 8 nitrogen and oxygen atoms in total. The lowest BCUT2D eigenvalue weighted by atomic mass is 9.96. The molecule has 1 saturated carbocycles. The number of nitrogens with two attached hydrogens (primary N) is 2. The van der Waals surface area contributed by atoms with Crippen LogP contribution in [0.3, 0.4) is 0 Å². The van der Waals surface area contributed by atoms with Crippen LogP contribution in [0, 0.1) is 17.7 Å². The summed E-state index contributed by atoms with van der Waals surface area (Å²) in [5.41, 5.74) is 3.70. The van der Waals surface area contributed by atoms with E-state index in [1.54, 1.807) is 0 Å². The number of nitrogens with zero attached hydrogens (tertiary/aromatic N) is 4. The lowest BCUT2D eigenvalue weighted by molar-refractivity contribution is -0.178. The van der Waals surface area contributed by atoms with Gasteiger partial charge in [-0.15, -0.1) is 0 Å². The summed E-state index contributed by atoms with van der Waals surface area (Å²) in [6, 6.07) is 0.648. The summed E-state index contributed by atoms with van der Waals surface area (Å²) in [6.07, 6.45) is -3.15. The number of rotatable bonds is 3. The van der Waals surface area contributed by atoms with Gasteiger partial charge in [0.1, 0.15) is 0 Å². The van der Waals surface area contributed by atoms with Crippen LogP contribution in [-0.2, 0) is 0 Å². The zero-order valence-corrected chi connectivity index (χ0v) is 14.6. The zero-order valence-electron chi connectivity index (χ0n) is 14.6. The summed E-state index contributed by atoms with van der Waals surface area (Å²) in [7, 11) is 0. The van der Waals surface area contributed by atoms with E-state index in [1.165, 1.54) is 9.47 Å². The lowest BCUT2D eigenvalue weighted by Gasteiger charge is -2.20. The molecule has 0 aromatic carbocycles. The van der Waals surface area contributed by atoms with Crippen molar-refractivity contribution in [1.29, 1.82) is 0 Å². The number of fused-ring (bicyclic) bond motifs is 1. The van der Waals surface area contributed by atoms with Crippen LogP contribution in [0.25, 0.3) is 11.0 Å². The van der Waals surface area contributed by atoms with Crippen molar-refractivity contribution in [3.8, 4) is 0 Å². The molecular formula is C16H18F4N6O2. The van der Waals surface area contributed by atoms with Gasteiger partial charge in [0.15, 0.2) is 17.3 Å². The van der Waals surface area contributed by atoms with Crippen LogP contribution in [-0.4, -0.2) is 40.0 Å². The van der Waals surface area contributed by atoms with Gasteiger partial charge in [-0.05, 0) is 25.5 Å². The Morgan fingerprint density at radius 3 is 2.43 bits per heavy atom. The fraction of sp³-hybridized carbons (Fsp3) is 0.562. The second-order valence-corrected chi connectivity index (χ2v) is 7.27. The third-order valence-electron chi connectivity index (χ3n) is 5.40. The highest BCUT2D eigenvalue weighted by Crippen LogP contribution is 2.40. The molecule has 1 aliphatic carbocycles. The standard InChI is InChI=1S/C16H18F4N6O2/c17-11-3-9-12(25(8-1-2-8)15(28)26(22)14(9)27)23-13(11)24-5-7(4-21)10(6-24)16(18,19)20/h3,7-8,10H,1-2,4-6,21-22H2/t7-,10-/m1/s1. The highest BCUT2D eigenvalue weighted by molar-refractivity contribution is 5.77. The predicted molar refractivity (Wildman–Crippen MR) is 92.9 cm³/mol. The number of pyridine rings is 1. The smallest absolute Gasteiger partial charge is 0.353 e. The van der Waals surface area contributed by atoms with E-state index >= 15 is 0 Å². The first-order valence-electron chi connectivity index (χ1n) is 8.78. The Balaban J connectivity index is 1.86. The summed E-state index contributed by atoms with van der Waals surface area (Å²) in [6.45, 7) is -0.833. The van der Waals surface area contributed by atoms with Crippen LogP contribution in [0.15, 0.2) is 15.7 Å². The van der Waals surface area contributed by atoms with Crippen molar-refractivity contribution in [1.82, 2.24) is 14.2 Å². The van der Waals surface area contributed by atoms with E-state index in [-0.39, 0.29) is 36.0 Å². The summed E-state index contributed by atoms with van der Waals surface area (Å²) in [4.78, 5) is 29.9. The summed E-state index contributed by atoms with van der Waals surface area (Å²) >= 11 is 0. The summed E-state index contributed by atoms with van der Waals surface area (Å²) in [5, 5.41) is -0.197. The van der Waals surface area contributed by atoms with Gasteiger partial charge in [-0.2, -0.15) is 17.8 Å². The molecule has 2 aromatic rings. The Morgan fingerprint density at radius 2 is 1.89 bits per heavy atom. The largest absolute Gasteiger partial charge is 0.393 e. The molecule has 4 N–H and O–H groups in total. The third-order valence-corrected chi connectivity index (χ3v) is 5.40. The van der Waals surface area contributed by atoms with Gasteiger partial charge in [-0.1, -0.05) is 0 Å². The van der Waals surface area contributed by atoms with Crippen molar-refractivity contribution < 1.29 is 17.6 Å². The van der Waals surface area contributed by atoms with Crippen molar-refractivity contribution in [3.05, 3.63) is 32.7 Å². The molecule has 2 aromatic heterocycles. The van der Waals surface area contributed by atoms with Crippen molar-refractivity contribution in [3.63, 3.8) is 0 Å². The molecule has 2 aliphatic rings. The number of anilines is 1. The SMILES string of the molecule is NC[C@@H]1CN(c2nc3c(cc2F)c(=O)n(N)c(=O)n3C2CC2)C[C@H]1C(F)(F)F. The maximum absolute atomic E-state index is 14.7. The monoisotopic (exact) mass is 402 g/mol. The molecule has 3 heterocycles. The van der Waals surface area contributed by atoms with Gasteiger partial charge >= 0.3 is 11.9 Å². The van der Waals surface area contributed by atoms with E-state index in [1.807, 2.05) is 0 Å². The van der Waals surface area contributed by atoms with Gasteiger partial charge in [0.2, 0.25) is 0 Å². The minimum Gasteiger partial charge on any atom is -0.353 e.